The van der Waals surface area contributed by atoms with Crippen molar-refractivity contribution in [1.82, 2.24) is 9.88 Å². The van der Waals surface area contributed by atoms with E-state index in [9.17, 15) is 4.79 Å². The molecular weight excluding hydrogens is 350 g/mol. The predicted molar refractivity (Wildman–Crippen MR) is 115 cm³/mol. The van der Waals surface area contributed by atoms with E-state index in [2.05, 4.69) is 22.4 Å². The maximum absolute atomic E-state index is 11.6. The minimum absolute atomic E-state index is 0.0107. The molecule has 0 saturated carbocycles. The Morgan fingerprint density at radius 2 is 1.82 bits per heavy atom. The van der Waals surface area contributed by atoms with E-state index in [4.69, 9.17) is 4.74 Å². The van der Waals surface area contributed by atoms with Crippen LogP contribution < -0.4 is 5.32 Å². The molecule has 5 heteroatoms. The summed E-state index contributed by atoms with van der Waals surface area (Å²) in [5.74, 6) is -0.0107. The Morgan fingerprint density at radius 1 is 1.07 bits per heavy atom. The normalized spacial score (nSPS) is 10.6. The lowest BCUT2D eigenvalue weighted by molar-refractivity contribution is -0.116. The van der Waals surface area contributed by atoms with E-state index in [0.29, 0.717) is 12.6 Å². The molecule has 1 heterocycles. The molecule has 0 aliphatic rings. The van der Waals surface area contributed by atoms with Crippen LogP contribution in [0.4, 0.5) is 5.69 Å². The van der Waals surface area contributed by atoms with Gasteiger partial charge in [0.05, 0.1) is 19.3 Å². The second-order valence-electron chi connectivity index (χ2n) is 7.07. The number of pyridine rings is 1. The van der Waals surface area contributed by atoms with Crippen LogP contribution >= 0.6 is 0 Å². The van der Waals surface area contributed by atoms with Gasteiger partial charge in [0.2, 0.25) is 5.91 Å². The Bertz CT molecular complexity index is 864. The first kappa shape index (κ1) is 21.5. The number of anilines is 1. The van der Waals surface area contributed by atoms with Gasteiger partial charge < -0.3 is 15.0 Å². The monoisotopic (exact) mass is 379 g/mol. The number of aromatic nitrogens is 1. The fraction of sp³-hybridized carbons (Fsp3) is 0.304. The van der Waals surface area contributed by atoms with Gasteiger partial charge in [-0.25, -0.2) is 0 Å². The molecule has 0 aliphatic heterocycles. The molecule has 2 aromatic carbocycles. The number of fused-ring (bicyclic) bond motifs is 1. The molecule has 0 atom stereocenters. The lowest BCUT2D eigenvalue weighted by Crippen LogP contribution is -2.27. The molecule has 148 valence electrons. The second kappa shape index (κ2) is 11.2. The van der Waals surface area contributed by atoms with Crippen LogP contribution in [0.3, 0.4) is 0 Å². The van der Waals surface area contributed by atoms with Crippen LogP contribution in [-0.2, 0) is 16.1 Å². The lowest BCUT2D eigenvalue weighted by atomic mass is 10.1. The zero-order valence-corrected chi connectivity index (χ0v) is 17.1. The molecule has 0 bridgehead atoms. The molecule has 0 spiro atoms. The van der Waals surface area contributed by atoms with Gasteiger partial charge in [0.15, 0.2) is 0 Å². The van der Waals surface area contributed by atoms with E-state index >= 15 is 0 Å². The topological polar surface area (TPSA) is 54.5 Å². The first-order valence-electron chi connectivity index (χ1n) is 9.38. The molecule has 5 nitrogen and oxygen atoms in total. The molecule has 0 fully saturated rings. The lowest BCUT2D eigenvalue weighted by Gasteiger charge is -2.10. The summed E-state index contributed by atoms with van der Waals surface area (Å²) in [6.07, 6.45) is 3.87. The number of hydrogen-bond donors (Lipinski definition) is 1. The van der Waals surface area contributed by atoms with E-state index in [1.165, 1.54) is 5.56 Å². The summed E-state index contributed by atoms with van der Waals surface area (Å²) in [4.78, 5) is 17.5. The van der Waals surface area contributed by atoms with Crippen LogP contribution in [0.2, 0.25) is 0 Å². The first-order valence-corrected chi connectivity index (χ1v) is 9.38. The highest BCUT2D eigenvalue weighted by molar-refractivity contribution is 5.95. The van der Waals surface area contributed by atoms with Gasteiger partial charge >= 0.3 is 0 Å². The Kier molecular flexibility index (Phi) is 8.59. The number of ether oxygens (including phenoxy) is 1. The zero-order chi connectivity index (χ0) is 20.4. The molecule has 0 unspecified atom stereocenters. The maximum atomic E-state index is 11.6. The van der Waals surface area contributed by atoms with Crippen LogP contribution in [0.25, 0.3) is 10.8 Å². The molecule has 3 rings (SSSR count). The van der Waals surface area contributed by atoms with Gasteiger partial charge in [0.25, 0.3) is 0 Å². The number of benzene rings is 2. The first-order chi connectivity index (χ1) is 13.4. The summed E-state index contributed by atoms with van der Waals surface area (Å²) in [6.45, 7) is 5.19. The average Bonchev–Trinajstić information content (AvgIpc) is 2.67. The van der Waals surface area contributed by atoms with E-state index in [-0.39, 0.29) is 5.91 Å². The quantitative estimate of drug-likeness (QED) is 0.692. The van der Waals surface area contributed by atoms with Crippen molar-refractivity contribution in [3.63, 3.8) is 0 Å². The van der Waals surface area contributed by atoms with Gasteiger partial charge in [-0.2, -0.15) is 0 Å². The molecule has 3 aromatic rings. The van der Waals surface area contributed by atoms with Crippen molar-refractivity contribution in [2.45, 2.75) is 26.6 Å². The summed E-state index contributed by atoms with van der Waals surface area (Å²) in [6, 6.07) is 17.9. The Morgan fingerprint density at radius 3 is 2.50 bits per heavy atom. The predicted octanol–water partition coefficient (Wildman–Crippen LogP) is 4.35. The smallest absolute Gasteiger partial charge is 0.238 e. The van der Waals surface area contributed by atoms with Crippen molar-refractivity contribution in [3.8, 4) is 0 Å². The van der Waals surface area contributed by atoms with Crippen molar-refractivity contribution in [2.24, 2.45) is 0 Å². The second-order valence-corrected chi connectivity index (χ2v) is 7.07. The summed E-state index contributed by atoms with van der Waals surface area (Å²) < 4.78 is 5.43. The minimum Gasteiger partial charge on any atom is -0.374 e. The fourth-order valence-electron chi connectivity index (χ4n) is 2.49. The van der Waals surface area contributed by atoms with Crippen LogP contribution in [-0.4, -0.2) is 42.5 Å². The number of carbonyl (C=O) groups is 1. The number of amides is 1. The van der Waals surface area contributed by atoms with E-state index in [0.717, 1.165) is 23.1 Å². The van der Waals surface area contributed by atoms with Crippen molar-refractivity contribution >= 4 is 22.4 Å². The molecular formula is C23H29N3O2. The summed E-state index contributed by atoms with van der Waals surface area (Å²) in [5.41, 5.74) is 2.05. The van der Waals surface area contributed by atoms with Gasteiger partial charge in [-0.3, -0.25) is 9.78 Å². The Hall–Kier alpha value is -2.76. The summed E-state index contributed by atoms with van der Waals surface area (Å²) in [5, 5.41) is 5.00. The van der Waals surface area contributed by atoms with E-state index < -0.39 is 0 Å². The third-order valence-corrected chi connectivity index (χ3v) is 3.81. The average molecular weight is 380 g/mol. The fourth-order valence-corrected chi connectivity index (χ4v) is 2.49. The Balaban J connectivity index is 0.000000221. The highest BCUT2D eigenvalue weighted by atomic mass is 16.5. The SMILES string of the molecule is CC(C)OCc1ccccc1.CN(C)CC(=O)Nc1ccc2cnccc2c1. The van der Waals surface area contributed by atoms with Crippen LogP contribution in [0, 0.1) is 0 Å². The number of carbonyl (C=O) groups excluding carboxylic acids is 1. The highest BCUT2D eigenvalue weighted by Crippen LogP contribution is 2.17. The highest BCUT2D eigenvalue weighted by Gasteiger charge is 2.04. The van der Waals surface area contributed by atoms with E-state index in [1.807, 2.05) is 75.3 Å². The van der Waals surface area contributed by atoms with Crippen molar-refractivity contribution in [2.75, 3.05) is 26.0 Å². The third kappa shape index (κ3) is 7.86. The molecule has 1 amide bonds. The number of hydrogen-bond acceptors (Lipinski definition) is 4. The van der Waals surface area contributed by atoms with Gasteiger partial charge in [-0.05, 0) is 57.1 Å². The number of nitrogens with one attached hydrogen (secondary N) is 1. The Labute approximate surface area is 167 Å². The van der Waals surface area contributed by atoms with Gasteiger partial charge in [0.1, 0.15) is 0 Å². The number of nitrogens with zero attached hydrogens (tertiary/aromatic N) is 2. The zero-order valence-electron chi connectivity index (χ0n) is 17.1. The minimum atomic E-state index is -0.0107. The maximum Gasteiger partial charge on any atom is 0.238 e. The van der Waals surface area contributed by atoms with Crippen LogP contribution in [0.1, 0.15) is 19.4 Å². The van der Waals surface area contributed by atoms with Crippen LogP contribution in [0.5, 0.6) is 0 Å². The molecule has 0 radical (unpaired) electrons. The van der Waals surface area contributed by atoms with Gasteiger partial charge in [-0.15, -0.1) is 0 Å². The molecule has 0 aliphatic carbocycles. The molecule has 1 N–H and O–H groups in total. The number of rotatable bonds is 6. The molecule has 0 saturated heterocycles. The van der Waals surface area contributed by atoms with Crippen LogP contribution in [0.15, 0.2) is 67.0 Å². The van der Waals surface area contributed by atoms with Crippen molar-refractivity contribution < 1.29 is 9.53 Å². The number of likely N-dealkylation sites (N-methyl/N-ethyl adjacent to an activating group) is 1. The summed E-state index contributed by atoms with van der Waals surface area (Å²) in [7, 11) is 3.73. The molecule has 28 heavy (non-hydrogen) atoms. The third-order valence-electron chi connectivity index (χ3n) is 3.81. The van der Waals surface area contributed by atoms with Gasteiger partial charge in [0, 0.05) is 23.5 Å². The van der Waals surface area contributed by atoms with Crippen molar-refractivity contribution in [1.29, 1.82) is 0 Å². The van der Waals surface area contributed by atoms with E-state index in [1.54, 1.807) is 12.4 Å². The summed E-state index contributed by atoms with van der Waals surface area (Å²) >= 11 is 0. The van der Waals surface area contributed by atoms with Crippen molar-refractivity contribution in [3.05, 3.63) is 72.6 Å². The largest absolute Gasteiger partial charge is 0.374 e. The standard InChI is InChI=1S/C13H15N3O.C10H14O/c1-16(2)9-13(17)15-12-4-3-11-8-14-6-5-10(11)7-12;1-9(2)11-8-10-6-4-3-5-7-10/h3-8H,9H2,1-2H3,(H,15,17);3-7,9H,8H2,1-2H3. The van der Waals surface area contributed by atoms with Gasteiger partial charge in [-0.1, -0.05) is 36.4 Å². The molecule has 1 aromatic heterocycles.